The van der Waals surface area contributed by atoms with Crippen LogP contribution < -0.4 is 5.32 Å². The summed E-state index contributed by atoms with van der Waals surface area (Å²) >= 11 is 24.9. The first-order valence-electron chi connectivity index (χ1n) is 11.2. The summed E-state index contributed by atoms with van der Waals surface area (Å²) in [5.74, 6) is -0.510. The van der Waals surface area contributed by atoms with Gasteiger partial charge in [0.15, 0.2) is 0 Å². The Labute approximate surface area is 226 Å². The fourth-order valence-electron chi connectivity index (χ4n) is 3.70. The molecule has 0 aliphatic heterocycles. The minimum absolute atomic E-state index is 0.00145. The second kappa shape index (κ2) is 12.6. The van der Waals surface area contributed by atoms with Crippen LogP contribution >= 0.6 is 46.4 Å². The highest BCUT2D eigenvalue weighted by atomic mass is 35.5. The summed E-state index contributed by atoms with van der Waals surface area (Å²) in [5.41, 5.74) is 2.24. The molecule has 35 heavy (non-hydrogen) atoms. The molecule has 0 spiro atoms. The van der Waals surface area contributed by atoms with Crippen molar-refractivity contribution in [3.8, 4) is 0 Å². The summed E-state index contributed by atoms with van der Waals surface area (Å²) in [6.07, 6.45) is 0.339. The van der Waals surface area contributed by atoms with Gasteiger partial charge in [-0.15, -0.1) is 0 Å². The zero-order valence-electron chi connectivity index (χ0n) is 19.4. The molecule has 1 atom stereocenters. The van der Waals surface area contributed by atoms with E-state index in [9.17, 15) is 9.59 Å². The van der Waals surface area contributed by atoms with Gasteiger partial charge in [0.05, 0.1) is 6.42 Å². The van der Waals surface area contributed by atoms with Crippen LogP contribution in [-0.4, -0.2) is 28.8 Å². The highest BCUT2D eigenvalue weighted by Crippen LogP contribution is 2.26. The Morgan fingerprint density at radius 3 is 1.94 bits per heavy atom. The Bertz CT molecular complexity index is 1190. The molecule has 3 aromatic rings. The Kier molecular flexibility index (Phi) is 9.88. The number of nitrogens with zero attached hydrogens (tertiary/aromatic N) is 1. The van der Waals surface area contributed by atoms with Crippen LogP contribution in [0.1, 0.15) is 30.5 Å². The maximum Gasteiger partial charge on any atom is 0.243 e. The normalized spacial score (nSPS) is 11.9. The van der Waals surface area contributed by atoms with Crippen LogP contribution in [0, 0.1) is 0 Å². The number of benzene rings is 3. The number of hydrogen-bond acceptors (Lipinski definition) is 2. The van der Waals surface area contributed by atoms with Gasteiger partial charge in [0.25, 0.3) is 0 Å². The molecule has 2 amide bonds. The number of halogens is 4. The van der Waals surface area contributed by atoms with E-state index in [2.05, 4.69) is 5.32 Å². The van der Waals surface area contributed by atoms with Crippen molar-refractivity contribution in [3.63, 3.8) is 0 Å². The quantitative estimate of drug-likeness (QED) is 0.311. The van der Waals surface area contributed by atoms with E-state index in [1.165, 1.54) is 0 Å². The Balaban J connectivity index is 2.02. The third-order valence-electron chi connectivity index (χ3n) is 5.41. The lowest BCUT2D eigenvalue weighted by atomic mass is 10.0. The number of nitrogens with one attached hydrogen (secondary N) is 1. The number of carbonyl (C=O) groups excluding carboxylic acids is 2. The van der Waals surface area contributed by atoms with Crippen LogP contribution in [-0.2, 0) is 29.0 Å². The number of hydrogen-bond donors (Lipinski definition) is 1. The van der Waals surface area contributed by atoms with Crippen LogP contribution in [0.3, 0.4) is 0 Å². The second-order valence-electron chi connectivity index (χ2n) is 8.54. The minimum Gasteiger partial charge on any atom is -0.352 e. The number of carbonyl (C=O) groups is 2. The van der Waals surface area contributed by atoms with E-state index in [1.807, 2.05) is 44.2 Å². The molecule has 3 rings (SSSR count). The van der Waals surface area contributed by atoms with E-state index < -0.39 is 6.04 Å². The van der Waals surface area contributed by atoms with Crippen LogP contribution in [0.15, 0.2) is 66.7 Å². The molecule has 8 heteroatoms. The molecule has 0 radical (unpaired) electrons. The Morgan fingerprint density at radius 2 is 1.40 bits per heavy atom. The first-order valence-corrected chi connectivity index (χ1v) is 12.7. The van der Waals surface area contributed by atoms with Gasteiger partial charge in [-0.2, -0.15) is 0 Å². The van der Waals surface area contributed by atoms with Crippen molar-refractivity contribution in [3.05, 3.63) is 104 Å². The summed E-state index contributed by atoms with van der Waals surface area (Å²) in [7, 11) is 0. The predicted molar refractivity (Wildman–Crippen MR) is 144 cm³/mol. The fourth-order valence-corrected chi connectivity index (χ4v) is 4.64. The van der Waals surface area contributed by atoms with Gasteiger partial charge < -0.3 is 10.2 Å². The van der Waals surface area contributed by atoms with E-state index >= 15 is 0 Å². The van der Waals surface area contributed by atoms with Crippen LogP contribution in [0.5, 0.6) is 0 Å². The predicted octanol–water partition coefficient (Wildman–Crippen LogP) is 7.01. The van der Waals surface area contributed by atoms with Crippen molar-refractivity contribution in [1.82, 2.24) is 10.2 Å². The standard InChI is InChI=1S/C27H26Cl4N2O2/c1-17(2)32-27(35)25(12-18-6-4-3-5-7-18)33(16-20-9-11-22(29)15-24(20)31)26(34)13-19-8-10-21(28)14-23(19)30/h3-11,14-15,17,25H,12-13,16H2,1-2H3,(H,32,35). The van der Waals surface area contributed by atoms with E-state index in [0.29, 0.717) is 37.6 Å². The van der Waals surface area contributed by atoms with Gasteiger partial charge in [0.1, 0.15) is 6.04 Å². The van der Waals surface area contributed by atoms with Crippen molar-refractivity contribution in [2.45, 2.75) is 45.3 Å². The lowest BCUT2D eigenvalue weighted by Crippen LogP contribution is -2.52. The first-order chi connectivity index (χ1) is 16.6. The first kappa shape index (κ1) is 27.3. The summed E-state index contributed by atoms with van der Waals surface area (Å²) in [4.78, 5) is 28.7. The third-order valence-corrected chi connectivity index (χ3v) is 6.59. The van der Waals surface area contributed by atoms with E-state index in [0.717, 1.165) is 5.56 Å². The molecule has 0 bridgehead atoms. The molecule has 0 aliphatic rings. The highest BCUT2D eigenvalue weighted by Gasteiger charge is 2.31. The van der Waals surface area contributed by atoms with Crippen LogP contribution in [0.2, 0.25) is 20.1 Å². The molecule has 184 valence electrons. The van der Waals surface area contributed by atoms with Gasteiger partial charge >= 0.3 is 0 Å². The molecule has 0 aliphatic carbocycles. The molecule has 0 heterocycles. The number of rotatable bonds is 9. The molecule has 0 saturated heterocycles. The third kappa shape index (κ3) is 7.88. The minimum atomic E-state index is -0.773. The molecule has 0 saturated carbocycles. The Hall–Kier alpha value is -2.24. The average Bonchev–Trinajstić information content (AvgIpc) is 2.79. The van der Waals surface area contributed by atoms with Gasteiger partial charge in [-0.1, -0.05) is 88.9 Å². The lowest BCUT2D eigenvalue weighted by molar-refractivity contribution is -0.141. The van der Waals surface area contributed by atoms with Gasteiger partial charge in [0.2, 0.25) is 11.8 Å². The molecule has 1 unspecified atom stereocenters. The SMILES string of the molecule is CC(C)NC(=O)C(Cc1ccccc1)N(Cc1ccc(Cl)cc1Cl)C(=O)Cc1ccc(Cl)cc1Cl. The van der Waals surface area contributed by atoms with Gasteiger partial charge in [0, 0.05) is 39.1 Å². The topological polar surface area (TPSA) is 49.4 Å². The summed E-state index contributed by atoms with van der Waals surface area (Å²) < 4.78 is 0. The molecule has 0 aromatic heterocycles. The largest absolute Gasteiger partial charge is 0.352 e. The zero-order valence-corrected chi connectivity index (χ0v) is 22.4. The lowest BCUT2D eigenvalue weighted by Gasteiger charge is -2.32. The van der Waals surface area contributed by atoms with Crippen molar-refractivity contribution < 1.29 is 9.59 Å². The summed E-state index contributed by atoms with van der Waals surface area (Å²) in [5, 5.41) is 4.74. The van der Waals surface area contributed by atoms with Crippen molar-refractivity contribution in [2.24, 2.45) is 0 Å². The van der Waals surface area contributed by atoms with E-state index in [1.54, 1.807) is 41.3 Å². The molecular formula is C27H26Cl4N2O2. The van der Waals surface area contributed by atoms with E-state index in [4.69, 9.17) is 46.4 Å². The summed E-state index contributed by atoms with van der Waals surface area (Å²) in [6, 6.07) is 18.8. The molecule has 3 aromatic carbocycles. The molecule has 0 fully saturated rings. The number of amides is 2. The van der Waals surface area contributed by atoms with Crippen LogP contribution in [0.25, 0.3) is 0 Å². The average molecular weight is 552 g/mol. The van der Waals surface area contributed by atoms with Crippen molar-refractivity contribution in [2.75, 3.05) is 0 Å². The van der Waals surface area contributed by atoms with Crippen molar-refractivity contribution in [1.29, 1.82) is 0 Å². The van der Waals surface area contributed by atoms with Crippen LogP contribution in [0.4, 0.5) is 0 Å². The van der Waals surface area contributed by atoms with E-state index in [-0.39, 0.29) is 30.8 Å². The van der Waals surface area contributed by atoms with Gasteiger partial charge in [-0.05, 0) is 54.8 Å². The maximum absolute atomic E-state index is 13.7. The maximum atomic E-state index is 13.7. The monoisotopic (exact) mass is 550 g/mol. The zero-order chi connectivity index (χ0) is 25.5. The summed E-state index contributed by atoms with van der Waals surface area (Å²) in [6.45, 7) is 3.89. The van der Waals surface area contributed by atoms with Gasteiger partial charge in [-0.25, -0.2) is 0 Å². The molecule has 4 nitrogen and oxygen atoms in total. The highest BCUT2D eigenvalue weighted by molar-refractivity contribution is 6.35. The fraction of sp³-hybridized carbons (Fsp3) is 0.259. The van der Waals surface area contributed by atoms with Crippen molar-refractivity contribution >= 4 is 58.2 Å². The molecular weight excluding hydrogens is 526 g/mol. The smallest absolute Gasteiger partial charge is 0.243 e. The second-order valence-corrected chi connectivity index (χ2v) is 10.2. The van der Waals surface area contributed by atoms with Gasteiger partial charge in [-0.3, -0.25) is 9.59 Å². The molecule has 1 N–H and O–H groups in total. The Morgan fingerprint density at radius 1 is 0.829 bits per heavy atom.